The normalized spacial score (nSPS) is 10.2. The minimum Gasteiger partial charge on any atom is -0.318 e. The van der Waals surface area contributed by atoms with Gasteiger partial charge in [-0.15, -0.1) is 0 Å². The lowest BCUT2D eigenvalue weighted by molar-refractivity contribution is -0.384. The van der Waals surface area contributed by atoms with Gasteiger partial charge < -0.3 is 5.43 Å². The van der Waals surface area contributed by atoms with Crippen LogP contribution in [0, 0.1) is 10.1 Å². The van der Waals surface area contributed by atoms with Gasteiger partial charge in [-0.25, -0.2) is 0 Å². The Bertz CT molecular complexity index is 590. The third-order valence-electron chi connectivity index (χ3n) is 2.84. The van der Waals surface area contributed by atoms with Gasteiger partial charge in [-0.1, -0.05) is 42.5 Å². The van der Waals surface area contributed by atoms with Crippen molar-refractivity contribution in [3.63, 3.8) is 0 Å². The summed E-state index contributed by atoms with van der Waals surface area (Å²) >= 11 is 1.69. The van der Waals surface area contributed by atoms with Crippen molar-refractivity contribution < 1.29 is 4.92 Å². The van der Waals surface area contributed by atoms with Gasteiger partial charge in [0.05, 0.1) is 4.92 Å². The number of thioether (sulfide) groups is 1. The predicted octanol–water partition coefficient (Wildman–Crippen LogP) is 3.31. The van der Waals surface area contributed by atoms with Crippen molar-refractivity contribution in [2.75, 3.05) is 5.43 Å². The molecule has 2 rings (SSSR count). The molecule has 0 aromatic heterocycles. The van der Waals surface area contributed by atoms with Crippen molar-refractivity contribution >= 4 is 23.1 Å². The first-order valence-electron chi connectivity index (χ1n) is 6.07. The van der Waals surface area contributed by atoms with Crippen molar-refractivity contribution in [1.82, 2.24) is 0 Å². The number of nitrogens with two attached hydrogens (primary N) is 1. The van der Waals surface area contributed by atoms with E-state index in [1.807, 2.05) is 24.3 Å². The van der Waals surface area contributed by atoms with E-state index in [1.165, 1.54) is 11.6 Å². The van der Waals surface area contributed by atoms with Gasteiger partial charge in [0.2, 0.25) is 0 Å². The van der Waals surface area contributed by atoms with Crippen LogP contribution in [0.4, 0.5) is 11.4 Å². The molecule has 2 aromatic carbocycles. The second-order valence-corrected chi connectivity index (χ2v) is 5.18. The van der Waals surface area contributed by atoms with Crippen LogP contribution in [0.15, 0.2) is 48.5 Å². The molecule has 0 fully saturated rings. The van der Waals surface area contributed by atoms with Crippen LogP contribution in [0.1, 0.15) is 11.1 Å². The average Bonchev–Trinajstić information content (AvgIpc) is 2.48. The fraction of sp³-hybridized carbons (Fsp3) is 0.143. The van der Waals surface area contributed by atoms with Gasteiger partial charge in [0.15, 0.2) is 0 Å². The van der Waals surface area contributed by atoms with E-state index in [0.29, 0.717) is 11.4 Å². The highest BCUT2D eigenvalue weighted by Crippen LogP contribution is 2.30. The van der Waals surface area contributed by atoms with E-state index in [9.17, 15) is 10.1 Å². The monoisotopic (exact) mass is 289 g/mol. The number of hydrogen-bond acceptors (Lipinski definition) is 5. The molecule has 0 spiro atoms. The van der Waals surface area contributed by atoms with E-state index in [-0.39, 0.29) is 5.69 Å². The predicted molar refractivity (Wildman–Crippen MR) is 82.3 cm³/mol. The largest absolute Gasteiger partial charge is 0.318 e. The van der Waals surface area contributed by atoms with Crippen molar-refractivity contribution in [2.24, 2.45) is 5.84 Å². The van der Waals surface area contributed by atoms with E-state index in [2.05, 4.69) is 17.6 Å². The Morgan fingerprint density at radius 1 is 1.10 bits per heavy atom. The molecule has 0 radical (unpaired) electrons. The summed E-state index contributed by atoms with van der Waals surface area (Å²) in [5.41, 5.74) is 4.89. The molecule has 0 amide bonds. The van der Waals surface area contributed by atoms with Gasteiger partial charge in [0.25, 0.3) is 5.69 Å². The Balaban J connectivity index is 2.06. The molecular weight excluding hydrogens is 274 g/mol. The number of rotatable bonds is 6. The fourth-order valence-corrected chi connectivity index (χ4v) is 2.87. The molecule has 3 N–H and O–H groups in total. The number of nitrogen functional groups attached to an aromatic ring is 1. The van der Waals surface area contributed by atoms with Crippen LogP contribution in [0.25, 0.3) is 0 Å². The molecule has 0 aliphatic heterocycles. The molecule has 104 valence electrons. The van der Waals surface area contributed by atoms with E-state index >= 15 is 0 Å². The quantitative estimate of drug-likeness (QED) is 0.484. The first-order chi connectivity index (χ1) is 9.72. The van der Waals surface area contributed by atoms with Gasteiger partial charge in [-0.05, 0) is 11.1 Å². The summed E-state index contributed by atoms with van der Waals surface area (Å²) in [5.74, 6) is 6.93. The topological polar surface area (TPSA) is 81.2 Å². The standard InChI is InChI=1S/C14H15N3O2S/c15-16-14-12(7-4-8-13(14)17(18)19)10-20-9-11-5-2-1-3-6-11/h1-8,16H,9-10,15H2. The zero-order valence-corrected chi connectivity index (χ0v) is 11.6. The molecule has 0 aliphatic carbocycles. The molecule has 0 heterocycles. The average molecular weight is 289 g/mol. The van der Waals surface area contributed by atoms with Gasteiger partial charge in [-0.3, -0.25) is 16.0 Å². The molecule has 0 saturated heterocycles. The van der Waals surface area contributed by atoms with E-state index in [4.69, 9.17) is 5.84 Å². The first kappa shape index (κ1) is 14.4. The van der Waals surface area contributed by atoms with Crippen LogP contribution < -0.4 is 11.3 Å². The smallest absolute Gasteiger partial charge is 0.293 e. The molecule has 5 nitrogen and oxygen atoms in total. The fourth-order valence-electron chi connectivity index (χ4n) is 1.88. The number of hydrogen-bond donors (Lipinski definition) is 2. The van der Waals surface area contributed by atoms with E-state index < -0.39 is 4.92 Å². The molecule has 0 bridgehead atoms. The van der Waals surface area contributed by atoms with E-state index in [1.54, 1.807) is 17.8 Å². The Hall–Kier alpha value is -2.05. The number of nitrogens with zero attached hydrogens (tertiary/aromatic N) is 1. The summed E-state index contributed by atoms with van der Waals surface area (Å²) in [7, 11) is 0. The number of anilines is 1. The van der Waals surface area contributed by atoms with Crippen LogP contribution in [0.5, 0.6) is 0 Å². The molecule has 0 aliphatic rings. The molecule has 0 saturated carbocycles. The Kier molecular flexibility index (Phi) is 4.97. The second-order valence-electron chi connectivity index (χ2n) is 4.19. The summed E-state index contributed by atoms with van der Waals surface area (Å²) in [5, 5.41) is 10.9. The lowest BCUT2D eigenvalue weighted by Crippen LogP contribution is -2.11. The summed E-state index contributed by atoms with van der Waals surface area (Å²) in [6.07, 6.45) is 0. The number of nitrogens with one attached hydrogen (secondary N) is 1. The highest BCUT2D eigenvalue weighted by atomic mass is 32.2. The number of para-hydroxylation sites is 1. The SMILES string of the molecule is NNc1c(CSCc2ccccc2)cccc1[N+](=O)[O-]. The number of benzene rings is 2. The molecule has 20 heavy (non-hydrogen) atoms. The molecule has 0 atom stereocenters. The van der Waals surface area contributed by atoms with Gasteiger partial charge in [-0.2, -0.15) is 11.8 Å². The van der Waals surface area contributed by atoms with Crippen LogP contribution in [0.3, 0.4) is 0 Å². The zero-order valence-electron chi connectivity index (χ0n) is 10.8. The van der Waals surface area contributed by atoms with E-state index in [0.717, 1.165) is 11.3 Å². The zero-order chi connectivity index (χ0) is 14.4. The van der Waals surface area contributed by atoms with Crippen molar-refractivity contribution in [3.8, 4) is 0 Å². The van der Waals surface area contributed by atoms with Crippen LogP contribution in [0.2, 0.25) is 0 Å². The third-order valence-corrected chi connectivity index (χ3v) is 3.89. The molecular formula is C14H15N3O2S. The summed E-state index contributed by atoms with van der Waals surface area (Å²) < 4.78 is 0. The lowest BCUT2D eigenvalue weighted by atomic mass is 10.2. The minimum atomic E-state index is -0.430. The minimum absolute atomic E-state index is 0.00492. The van der Waals surface area contributed by atoms with Crippen LogP contribution >= 0.6 is 11.8 Å². The Morgan fingerprint density at radius 2 is 1.85 bits per heavy atom. The summed E-state index contributed by atoms with van der Waals surface area (Å²) in [4.78, 5) is 10.5. The maximum Gasteiger partial charge on any atom is 0.293 e. The Labute approximate surface area is 121 Å². The molecule has 2 aromatic rings. The molecule has 6 heteroatoms. The van der Waals surface area contributed by atoms with Crippen LogP contribution in [-0.2, 0) is 11.5 Å². The third kappa shape index (κ3) is 3.49. The van der Waals surface area contributed by atoms with Gasteiger partial charge in [0.1, 0.15) is 5.69 Å². The number of hydrazine groups is 1. The highest BCUT2D eigenvalue weighted by Gasteiger charge is 2.16. The lowest BCUT2D eigenvalue weighted by Gasteiger charge is -2.09. The maximum absolute atomic E-state index is 10.9. The van der Waals surface area contributed by atoms with Crippen LogP contribution in [-0.4, -0.2) is 4.92 Å². The first-order valence-corrected chi connectivity index (χ1v) is 7.22. The van der Waals surface area contributed by atoms with Crippen molar-refractivity contribution in [1.29, 1.82) is 0 Å². The Morgan fingerprint density at radius 3 is 2.50 bits per heavy atom. The highest BCUT2D eigenvalue weighted by molar-refractivity contribution is 7.97. The number of nitro groups is 1. The van der Waals surface area contributed by atoms with Crippen molar-refractivity contribution in [3.05, 3.63) is 69.8 Å². The number of nitro benzene ring substituents is 1. The second kappa shape index (κ2) is 6.93. The van der Waals surface area contributed by atoms with Gasteiger partial charge in [0, 0.05) is 17.6 Å². The van der Waals surface area contributed by atoms with Gasteiger partial charge >= 0.3 is 0 Å². The van der Waals surface area contributed by atoms with Crippen molar-refractivity contribution in [2.45, 2.75) is 11.5 Å². The maximum atomic E-state index is 10.9. The summed E-state index contributed by atoms with van der Waals surface area (Å²) in [6, 6.07) is 15.1. The summed E-state index contributed by atoms with van der Waals surface area (Å²) in [6.45, 7) is 0. The molecule has 0 unspecified atom stereocenters.